The fourth-order valence-electron chi connectivity index (χ4n) is 1.97. The molecule has 0 fully saturated rings. The minimum atomic E-state index is -4.57. The van der Waals surface area contributed by atoms with Crippen molar-refractivity contribution in [3.05, 3.63) is 57.9 Å². The molecule has 0 aromatic heterocycles. The van der Waals surface area contributed by atoms with Crippen LogP contribution in [0.5, 0.6) is 11.5 Å². The Bertz CT molecular complexity index is 1050. The number of aromatic carboxylic acids is 1. The zero-order chi connectivity index (χ0) is 21.1. The van der Waals surface area contributed by atoms with Gasteiger partial charge in [0.15, 0.2) is 0 Å². The van der Waals surface area contributed by atoms with Gasteiger partial charge in [-0.3, -0.25) is 10.1 Å². The van der Waals surface area contributed by atoms with Crippen LogP contribution in [0.2, 0.25) is 0 Å². The molecule has 2 aromatic rings. The molecule has 0 saturated heterocycles. The zero-order valence-electron chi connectivity index (χ0n) is 14.6. The number of nitro groups is 1. The summed E-state index contributed by atoms with van der Waals surface area (Å²) in [5.74, 6) is -3.02. The van der Waals surface area contributed by atoms with Crippen LogP contribution in [0.25, 0.3) is 0 Å². The van der Waals surface area contributed by atoms with Crippen molar-refractivity contribution in [2.75, 3.05) is 14.1 Å². The highest BCUT2D eigenvalue weighted by atomic mass is 32.2. The van der Waals surface area contributed by atoms with Crippen molar-refractivity contribution >= 4 is 28.0 Å². The van der Waals surface area contributed by atoms with E-state index in [0.717, 1.165) is 30.6 Å². The Morgan fingerprint density at radius 2 is 1.89 bits per heavy atom. The molecule has 2 aromatic carbocycles. The Balaban J connectivity index is 2.76. The van der Waals surface area contributed by atoms with Gasteiger partial charge in [0.05, 0.1) is 10.5 Å². The van der Waals surface area contributed by atoms with Crippen LogP contribution in [0.4, 0.5) is 10.1 Å². The molecule has 0 aliphatic carbocycles. The molecule has 10 nitrogen and oxygen atoms in total. The van der Waals surface area contributed by atoms with Gasteiger partial charge in [-0.25, -0.2) is 9.18 Å². The average molecular weight is 411 g/mol. The summed E-state index contributed by atoms with van der Waals surface area (Å²) in [4.78, 5) is 22.2. The van der Waals surface area contributed by atoms with E-state index in [4.69, 9.17) is 9.84 Å². The van der Waals surface area contributed by atoms with Crippen LogP contribution in [0.3, 0.4) is 0 Å². The molecular formula is C16H14FN3O7S. The zero-order valence-corrected chi connectivity index (χ0v) is 15.4. The molecule has 28 heavy (non-hydrogen) atoms. The molecule has 0 bridgehead atoms. The molecule has 12 heteroatoms. The molecule has 0 atom stereocenters. The smallest absolute Gasteiger partial charge is 0.335 e. The summed E-state index contributed by atoms with van der Waals surface area (Å²) >= 11 is 0. The van der Waals surface area contributed by atoms with Crippen molar-refractivity contribution in [1.29, 1.82) is 0 Å². The number of carboxylic acid groups (broad SMARTS) is 1. The maximum absolute atomic E-state index is 13.1. The summed E-state index contributed by atoms with van der Waals surface area (Å²) in [7, 11) is -1.58. The van der Waals surface area contributed by atoms with Crippen LogP contribution in [0.1, 0.15) is 10.4 Å². The molecular weight excluding hydrogens is 397 g/mol. The number of carbonyl (C=O) groups is 1. The van der Waals surface area contributed by atoms with Gasteiger partial charge < -0.3 is 14.7 Å². The van der Waals surface area contributed by atoms with E-state index in [2.05, 4.69) is 4.40 Å². The molecule has 0 heterocycles. The predicted molar refractivity (Wildman–Crippen MR) is 95.9 cm³/mol. The Morgan fingerprint density at radius 1 is 1.29 bits per heavy atom. The Kier molecular flexibility index (Phi) is 5.93. The van der Waals surface area contributed by atoms with E-state index < -0.39 is 48.6 Å². The highest BCUT2D eigenvalue weighted by molar-refractivity contribution is 7.90. The third kappa shape index (κ3) is 4.79. The number of rotatable bonds is 7. The first-order valence-electron chi connectivity index (χ1n) is 7.47. The molecule has 0 amide bonds. The molecule has 0 aliphatic rings. The van der Waals surface area contributed by atoms with E-state index in [1.54, 1.807) is 0 Å². The first kappa shape index (κ1) is 20.8. The van der Waals surface area contributed by atoms with E-state index in [-0.39, 0.29) is 5.75 Å². The number of sulfonamides is 1. The lowest BCUT2D eigenvalue weighted by Crippen LogP contribution is -2.12. The summed E-state index contributed by atoms with van der Waals surface area (Å²) in [5.41, 5.74) is -1.54. The fourth-order valence-corrected chi connectivity index (χ4v) is 3.06. The normalized spacial score (nSPS) is 11.4. The second kappa shape index (κ2) is 8.00. The maximum Gasteiger partial charge on any atom is 0.335 e. The largest absolute Gasteiger partial charge is 0.478 e. The minimum Gasteiger partial charge on any atom is -0.478 e. The Labute approximate surface area is 158 Å². The first-order chi connectivity index (χ1) is 13.0. The molecule has 0 unspecified atom stereocenters. The standard InChI is InChI=1S/C16H14FN3O7S/c1-19(2)9-18-28(25,26)14-8-10(16(21)22)7-13(20(23)24)15(14)27-12-5-3-11(17)4-6-12/h3-9H,1-2H3,(H,21,22). The molecule has 0 radical (unpaired) electrons. The number of ether oxygens (including phenoxy) is 1. The van der Waals surface area contributed by atoms with Crippen molar-refractivity contribution in [2.24, 2.45) is 4.40 Å². The van der Waals surface area contributed by atoms with E-state index in [0.29, 0.717) is 12.1 Å². The highest BCUT2D eigenvalue weighted by Crippen LogP contribution is 2.39. The average Bonchev–Trinajstić information content (AvgIpc) is 2.61. The third-order valence-electron chi connectivity index (χ3n) is 3.21. The van der Waals surface area contributed by atoms with Gasteiger partial charge in [-0.05, 0) is 30.3 Å². The lowest BCUT2D eigenvalue weighted by molar-refractivity contribution is -0.385. The van der Waals surface area contributed by atoms with Gasteiger partial charge in [0.1, 0.15) is 22.8 Å². The number of carboxylic acids is 1. The van der Waals surface area contributed by atoms with E-state index in [9.17, 15) is 27.7 Å². The fraction of sp³-hybridized carbons (Fsp3) is 0.125. The second-order valence-electron chi connectivity index (χ2n) is 5.60. The van der Waals surface area contributed by atoms with E-state index >= 15 is 0 Å². The van der Waals surface area contributed by atoms with Crippen molar-refractivity contribution < 1.29 is 32.4 Å². The summed E-state index contributed by atoms with van der Waals surface area (Å²) < 4.78 is 46.9. The highest BCUT2D eigenvalue weighted by Gasteiger charge is 2.31. The van der Waals surface area contributed by atoms with E-state index in [1.807, 2.05) is 0 Å². The minimum absolute atomic E-state index is 0.0967. The van der Waals surface area contributed by atoms with Crippen LogP contribution < -0.4 is 4.74 Å². The van der Waals surface area contributed by atoms with Crippen molar-refractivity contribution in [3.8, 4) is 11.5 Å². The SMILES string of the molecule is CN(C)C=NS(=O)(=O)c1cc(C(=O)O)cc([N+](=O)[O-])c1Oc1ccc(F)cc1. The maximum atomic E-state index is 13.1. The van der Waals surface area contributed by atoms with Crippen LogP contribution >= 0.6 is 0 Å². The Hall–Kier alpha value is -3.54. The second-order valence-corrected chi connectivity index (χ2v) is 7.20. The molecule has 0 aliphatic heterocycles. The molecule has 0 spiro atoms. The van der Waals surface area contributed by atoms with Crippen LogP contribution in [0.15, 0.2) is 45.7 Å². The Morgan fingerprint density at radius 3 is 2.39 bits per heavy atom. The molecule has 1 N–H and O–H groups in total. The van der Waals surface area contributed by atoms with Gasteiger partial charge >= 0.3 is 11.7 Å². The van der Waals surface area contributed by atoms with Gasteiger partial charge in [0, 0.05) is 20.2 Å². The number of halogens is 1. The van der Waals surface area contributed by atoms with Gasteiger partial charge in [-0.2, -0.15) is 8.42 Å². The lowest BCUT2D eigenvalue weighted by atomic mass is 10.2. The molecule has 148 valence electrons. The monoisotopic (exact) mass is 411 g/mol. The van der Waals surface area contributed by atoms with Crippen molar-refractivity contribution in [3.63, 3.8) is 0 Å². The van der Waals surface area contributed by atoms with Gasteiger partial charge in [0.2, 0.25) is 5.75 Å². The van der Waals surface area contributed by atoms with Gasteiger partial charge in [0.25, 0.3) is 10.0 Å². The number of nitro benzene ring substituents is 1. The van der Waals surface area contributed by atoms with E-state index in [1.165, 1.54) is 19.0 Å². The molecule has 0 saturated carbocycles. The quantitative estimate of drug-likeness (QED) is 0.317. The van der Waals surface area contributed by atoms with Crippen LogP contribution in [0, 0.1) is 15.9 Å². The van der Waals surface area contributed by atoms with Crippen molar-refractivity contribution in [1.82, 2.24) is 4.90 Å². The molecule has 2 rings (SSSR count). The number of hydrogen-bond acceptors (Lipinski definition) is 6. The van der Waals surface area contributed by atoms with Gasteiger partial charge in [-0.1, -0.05) is 0 Å². The predicted octanol–water partition coefficient (Wildman–Crippen LogP) is 2.50. The summed E-state index contributed by atoms with van der Waals surface area (Å²) in [6.45, 7) is 0. The van der Waals surface area contributed by atoms with Gasteiger partial charge in [-0.15, -0.1) is 4.40 Å². The lowest BCUT2D eigenvalue weighted by Gasteiger charge is -2.12. The number of hydrogen-bond donors (Lipinski definition) is 1. The number of benzene rings is 2. The van der Waals surface area contributed by atoms with Crippen LogP contribution in [-0.4, -0.2) is 49.8 Å². The number of nitrogens with zero attached hydrogens (tertiary/aromatic N) is 3. The van der Waals surface area contributed by atoms with Crippen LogP contribution in [-0.2, 0) is 10.0 Å². The summed E-state index contributed by atoms with van der Waals surface area (Å²) in [5, 5.41) is 20.6. The third-order valence-corrected chi connectivity index (χ3v) is 4.44. The first-order valence-corrected chi connectivity index (χ1v) is 8.91. The summed E-state index contributed by atoms with van der Waals surface area (Å²) in [6.07, 6.45) is 0.927. The topological polar surface area (TPSA) is 139 Å². The summed E-state index contributed by atoms with van der Waals surface area (Å²) in [6, 6.07) is 5.63. The van der Waals surface area contributed by atoms with Crippen molar-refractivity contribution in [2.45, 2.75) is 4.90 Å².